The zero-order valence-corrected chi connectivity index (χ0v) is 19.0. The van der Waals surface area contributed by atoms with Crippen molar-refractivity contribution in [3.05, 3.63) is 76.6 Å². The molecular formula is C24H26ClN5O2. The van der Waals surface area contributed by atoms with Crippen LogP contribution in [0.5, 0.6) is 0 Å². The van der Waals surface area contributed by atoms with Gasteiger partial charge < -0.3 is 15.1 Å². The highest BCUT2D eigenvalue weighted by Gasteiger charge is 2.23. The number of aromatic nitrogens is 2. The van der Waals surface area contributed by atoms with Crippen molar-refractivity contribution >= 4 is 34.8 Å². The Bertz CT molecular complexity index is 1130. The fourth-order valence-corrected chi connectivity index (χ4v) is 4.13. The molecular weight excluding hydrogens is 426 g/mol. The number of benzene rings is 2. The molecule has 32 heavy (non-hydrogen) atoms. The van der Waals surface area contributed by atoms with Crippen molar-refractivity contribution in [3.8, 4) is 0 Å². The normalized spacial score (nSPS) is 13.8. The third-order valence-electron chi connectivity index (χ3n) is 5.60. The molecule has 0 saturated carbocycles. The summed E-state index contributed by atoms with van der Waals surface area (Å²) in [5, 5.41) is 7.90. The molecule has 1 aliphatic rings. The number of amides is 2. The number of nitrogens with one attached hydrogen (secondary N) is 1. The SMILES string of the molecule is Cc1cc(C)n(CC(=O)N2CCN(c3ccccc3NC(=O)c3cccc(Cl)c3)CC2)n1. The van der Waals surface area contributed by atoms with Crippen LogP contribution in [0.2, 0.25) is 5.02 Å². The van der Waals surface area contributed by atoms with E-state index in [-0.39, 0.29) is 18.4 Å². The van der Waals surface area contributed by atoms with Crippen LogP contribution in [0, 0.1) is 13.8 Å². The Morgan fingerprint density at radius 2 is 1.75 bits per heavy atom. The van der Waals surface area contributed by atoms with Gasteiger partial charge in [0.1, 0.15) is 6.54 Å². The molecule has 1 saturated heterocycles. The quantitative estimate of drug-likeness (QED) is 0.641. The van der Waals surface area contributed by atoms with E-state index in [2.05, 4.69) is 15.3 Å². The molecule has 0 unspecified atom stereocenters. The second-order valence-corrected chi connectivity index (χ2v) is 8.37. The lowest BCUT2D eigenvalue weighted by atomic mass is 10.1. The monoisotopic (exact) mass is 451 g/mol. The number of piperazine rings is 1. The van der Waals surface area contributed by atoms with Gasteiger partial charge in [-0.1, -0.05) is 29.8 Å². The summed E-state index contributed by atoms with van der Waals surface area (Å²) in [6, 6.07) is 16.6. The molecule has 3 aromatic rings. The van der Waals surface area contributed by atoms with E-state index < -0.39 is 0 Å². The van der Waals surface area contributed by atoms with Gasteiger partial charge >= 0.3 is 0 Å². The van der Waals surface area contributed by atoms with Gasteiger partial charge in [-0.25, -0.2) is 0 Å². The Morgan fingerprint density at radius 3 is 2.44 bits per heavy atom. The summed E-state index contributed by atoms with van der Waals surface area (Å²) in [6.45, 7) is 6.75. The molecule has 1 N–H and O–H groups in total. The molecule has 2 heterocycles. The van der Waals surface area contributed by atoms with Gasteiger partial charge in [-0.3, -0.25) is 14.3 Å². The predicted molar refractivity (Wildman–Crippen MR) is 126 cm³/mol. The Kier molecular flexibility index (Phi) is 6.46. The van der Waals surface area contributed by atoms with Gasteiger partial charge in [-0.05, 0) is 50.2 Å². The first-order valence-corrected chi connectivity index (χ1v) is 11.0. The molecule has 7 nitrogen and oxygen atoms in total. The zero-order chi connectivity index (χ0) is 22.7. The molecule has 0 radical (unpaired) electrons. The van der Waals surface area contributed by atoms with Gasteiger partial charge in [0.2, 0.25) is 5.91 Å². The maximum atomic E-state index is 12.7. The van der Waals surface area contributed by atoms with E-state index in [0.717, 1.165) is 22.8 Å². The lowest BCUT2D eigenvalue weighted by Crippen LogP contribution is -2.49. The van der Waals surface area contributed by atoms with E-state index in [1.807, 2.05) is 49.1 Å². The van der Waals surface area contributed by atoms with Crippen molar-refractivity contribution in [2.24, 2.45) is 0 Å². The fraction of sp³-hybridized carbons (Fsp3) is 0.292. The van der Waals surface area contributed by atoms with Crippen molar-refractivity contribution in [1.82, 2.24) is 14.7 Å². The average molecular weight is 452 g/mol. The third kappa shape index (κ3) is 4.94. The number of halogens is 1. The minimum absolute atomic E-state index is 0.0680. The Hall–Kier alpha value is -3.32. The van der Waals surface area contributed by atoms with E-state index in [0.29, 0.717) is 36.8 Å². The highest BCUT2D eigenvalue weighted by atomic mass is 35.5. The molecule has 8 heteroatoms. The molecule has 0 atom stereocenters. The van der Waals surface area contributed by atoms with E-state index in [4.69, 9.17) is 11.6 Å². The smallest absolute Gasteiger partial charge is 0.255 e. The summed E-state index contributed by atoms with van der Waals surface area (Å²) in [4.78, 5) is 29.5. The third-order valence-corrected chi connectivity index (χ3v) is 5.84. The van der Waals surface area contributed by atoms with Crippen LogP contribution in [0.15, 0.2) is 54.6 Å². The molecule has 2 amide bonds. The summed E-state index contributed by atoms with van der Waals surface area (Å²) in [5.41, 5.74) is 4.08. The molecule has 0 spiro atoms. The summed E-state index contributed by atoms with van der Waals surface area (Å²) in [7, 11) is 0. The first-order chi connectivity index (χ1) is 15.4. The van der Waals surface area contributed by atoms with Gasteiger partial charge in [0.15, 0.2) is 0 Å². The van der Waals surface area contributed by atoms with Gasteiger partial charge in [0.05, 0.1) is 17.1 Å². The Morgan fingerprint density at radius 1 is 1.00 bits per heavy atom. The number of para-hydroxylation sites is 2. The maximum absolute atomic E-state index is 12.7. The standard InChI is InChI=1S/C24H26ClN5O2/c1-17-14-18(2)30(27-17)16-23(31)29-12-10-28(11-13-29)22-9-4-3-8-21(22)26-24(32)19-6-5-7-20(25)15-19/h3-9,14-15H,10-13,16H2,1-2H3,(H,26,32). The number of hydrogen-bond donors (Lipinski definition) is 1. The van der Waals surface area contributed by atoms with Gasteiger partial charge in [0.25, 0.3) is 5.91 Å². The van der Waals surface area contributed by atoms with Gasteiger partial charge in [-0.15, -0.1) is 0 Å². The van der Waals surface area contributed by atoms with Crippen molar-refractivity contribution in [2.75, 3.05) is 36.4 Å². The zero-order valence-electron chi connectivity index (χ0n) is 18.2. The van der Waals surface area contributed by atoms with Crippen LogP contribution in [-0.2, 0) is 11.3 Å². The lowest BCUT2D eigenvalue weighted by molar-refractivity contribution is -0.132. The Labute approximate surface area is 192 Å². The number of carbonyl (C=O) groups excluding carboxylic acids is 2. The minimum Gasteiger partial charge on any atom is -0.366 e. The lowest BCUT2D eigenvalue weighted by Gasteiger charge is -2.37. The number of carbonyl (C=O) groups is 2. The van der Waals surface area contributed by atoms with Crippen LogP contribution in [0.1, 0.15) is 21.7 Å². The van der Waals surface area contributed by atoms with Crippen molar-refractivity contribution in [3.63, 3.8) is 0 Å². The van der Waals surface area contributed by atoms with Gasteiger partial charge in [0, 0.05) is 42.5 Å². The number of nitrogens with zero attached hydrogens (tertiary/aromatic N) is 4. The van der Waals surface area contributed by atoms with E-state index in [1.165, 1.54) is 0 Å². The molecule has 1 aromatic heterocycles. The van der Waals surface area contributed by atoms with Crippen molar-refractivity contribution in [2.45, 2.75) is 20.4 Å². The first kappa shape index (κ1) is 21.9. The maximum Gasteiger partial charge on any atom is 0.255 e. The molecule has 0 aliphatic carbocycles. The van der Waals surface area contributed by atoms with Crippen molar-refractivity contribution in [1.29, 1.82) is 0 Å². The largest absolute Gasteiger partial charge is 0.366 e. The summed E-state index contributed by atoms with van der Waals surface area (Å²) >= 11 is 6.02. The minimum atomic E-state index is -0.210. The fourth-order valence-electron chi connectivity index (χ4n) is 3.94. The highest BCUT2D eigenvalue weighted by molar-refractivity contribution is 6.31. The number of aryl methyl sites for hydroxylation is 2. The highest BCUT2D eigenvalue weighted by Crippen LogP contribution is 2.27. The second kappa shape index (κ2) is 9.44. The van der Waals surface area contributed by atoms with Crippen molar-refractivity contribution < 1.29 is 9.59 Å². The average Bonchev–Trinajstić information content (AvgIpc) is 3.10. The number of rotatable bonds is 5. The molecule has 0 bridgehead atoms. The van der Waals surface area contributed by atoms with E-state index >= 15 is 0 Å². The summed E-state index contributed by atoms with van der Waals surface area (Å²) < 4.78 is 1.75. The number of anilines is 2. The van der Waals surface area contributed by atoms with Crippen LogP contribution < -0.4 is 10.2 Å². The predicted octanol–water partition coefficient (Wildman–Crippen LogP) is 3.75. The van der Waals surface area contributed by atoms with Crippen LogP contribution in [0.4, 0.5) is 11.4 Å². The van der Waals surface area contributed by atoms with Crippen LogP contribution in [-0.4, -0.2) is 52.7 Å². The van der Waals surface area contributed by atoms with Crippen LogP contribution >= 0.6 is 11.6 Å². The molecule has 166 valence electrons. The molecule has 2 aromatic carbocycles. The molecule has 1 fully saturated rings. The van der Waals surface area contributed by atoms with Gasteiger partial charge in [-0.2, -0.15) is 5.10 Å². The van der Waals surface area contributed by atoms with E-state index in [9.17, 15) is 9.59 Å². The van der Waals surface area contributed by atoms with Crippen LogP contribution in [0.25, 0.3) is 0 Å². The van der Waals surface area contributed by atoms with E-state index in [1.54, 1.807) is 28.9 Å². The summed E-state index contributed by atoms with van der Waals surface area (Å²) in [5.74, 6) is -0.142. The second-order valence-electron chi connectivity index (χ2n) is 7.93. The van der Waals surface area contributed by atoms with Crippen LogP contribution in [0.3, 0.4) is 0 Å². The first-order valence-electron chi connectivity index (χ1n) is 10.6. The summed E-state index contributed by atoms with van der Waals surface area (Å²) in [6.07, 6.45) is 0. The molecule has 1 aliphatic heterocycles. The number of hydrogen-bond acceptors (Lipinski definition) is 4. The topological polar surface area (TPSA) is 70.5 Å². The molecule has 4 rings (SSSR count). The Balaban J connectivity index is 1.40.